The topological polar surface area (TPSA) is 46.2 Å². The average molecular weight is 234 g/mol. The number of hydrogen-bond acceptors (Lipinski definition) is 2. The third-order valence-corrected chi connectivity index (χ3v) is 2.64. The van der Waals surface area contributed by atoms with Crippen LogP contribution in [0.5, 0.6) is 5.75 Å². The Morgan fingerprint density at radius 1 is 1.12 bits per heavy atom. The molecular formula is C13H12ClNO. The summed E-state index contributed by atoms with van der Waals surface area (Å²) in [6, 6.07) is 13.1. The van der Waals surface area contributed by atoms with Gasteiger partial charge in [0, 0.05) is 17.0 Å². The van der Waals surface area contributed by atoms with E-state index in [4.69, 9.17) is 17.3 Å². The van der Waals surface area contributed by atoms with Crippen molar-refractivity contribution < 1.29 is 5.11 Å². The molecule has 0 atom stereocenters. The van der Waals surface area contributed by atoms with Gasteiger partial charge in [0.15, 0.2) is 0 Å². The van der Waals surface area contributed by atoms with Gasteiger partial charge in [-0.05, 0) is 17.7 Å². The molecule has 16 heavy (non-hydrogen) atoms. The molecule has 0 aliphatic carbocycles. The molecule has 0 saturated carbocycles. The van der Waals surface area contributed by atoms with Crippen LogP contribution in [0.2, 0.25) is 5.02 Å². The molecule has 0 saturated heterocycles. The number of benzene rings is 2. The molecule has 0 radical (unpaired) electrons. The molecule has 0 bridgehead atoms. The highest BCUT2D eigenvalue weighted by atomic mass is 35.5. The number of hydrogen-bond donors (Lipinski definition) is 2. The van der Waals surface area contributed by atoms with Crippen LogP contribution >= 0.6 is 11.6 Å². The maximum absolute atomic E-state index is 9.80. The van der Waals surface area contributed by atoms with Crippen molar-refractivity contribution >= 4 is 17.3 Å². The normalized spacial score (nSPS) is 10.3. The Labute approximate surface area is 99.3 Å². The first-order valence-corrected chi connectivity index (χ1v) is 5.35. The standard InChI is InChI=1S/C13H12ClNO/c14-11-7-10(13(16)12(15)8-11)6-9-4-2-1-3-5-9/h1-5,7-8,16H,6,15H2. The largest absolute Gasteiger partial charge is 0.505 e. The van der Waals surface area contributed by atoms with Crippen molar-refractivity contribution in [2.75, 3.05) is 5.73 Å². The predicted molar refractivity (Wildman–Crippen MR) is 66.8 cm³/mol. The smallest absolute Gasteiger partial charge is 0.142 e. The van der Waals surface area contributed by atoms with Crippen molar-refractivity contribution in [3.8, 4) is 5.75 Å². The number of aromatic hydroxyl groups is 1. The van der Waals surface area contributed by atoms with Gasteiger partial charge < -0.3 is 10.8 Å². The lowest BCUT2D eigenvalue weighted by Gasteiger charge is -2.08. The zero-order chi connectivity index (χ0) is 11.5. The van der Waals surface area contributed by atoms with Gasteiger partial charge in [-0.2, -0.15) is 0 Å². The van der Waals surface area contributed by atoms with E-state index < -0.39 is 0 Å². The van der Waals surface area contributed by atoms with Gasteiger partial charge in [0.05, 0.1) is 5.69 Å². The van der Waals surface area contributed by atoms with Crippen LogP contribution < -0.4 is 5.73 Å². The quantitative estimate of drug-likeness (QED) is 0.618. The van der Waals surface area contributed by atoms with Crippen molar-refractivity contribution in [3.05, 3.63) is 58.6 Å². The Balaban J connectivity index is 2.35. The summed E-state index contributed by atoms with van der Waals surface area (Å²) in [4.78, 5) is 0. The van der Waals surface area contributed by atoms with Crippen LogP contribution in [0.25, 0.3) is 0 Å². The zero-order valence-electron chi connectivity index (χ0n) is 8.65. The van der Waals surface area contributed by atoms with Gasteiger partial charge >= 0.3 is 0 Å². The number of halogens is 1. The van der Waals surface area contributed by atoms with Crippen LogP contribution in [0.1, 0.15) is 11.1 Å². The number of phenolic OH excluding ortho intramolecular Hbond substituents is 1. The van der Waals surface area contributed by atoms with Crippen molar-refractivity contribution in [3.63, 3.8) is 0 Å². The van der Waals surface area contributed by atoms with Crippen LogP contribution in [0, 0.1) is 0 Å². The summed E-state index contributed by atoms with van der Waals surface area (Å²) in [5.74, 6) is 0.119. The Bertz CT molecular complexity index is 497. The Hall–Kier alpha value is -1.67. The summed E-state index contributed by atoms with van der Waals surface area (Å²) < 4.78 is 0. The molecule has 0 amide bonds. The van der Waals surface area contributed by atoms with E-state index in [2.05, 4.69) is 0 Å². The lowest BCUT2D eigenvalue weighted by Crippen LogP contribution is -1.93. The van der Waals surface area contributed by atoms with Crippen LogP contribution in [0.15, 0.2) is 42.5 Å². The maximum atomic E-state index is 9.80. The summed E-state index contributed by atoms with van der Waals surface area (Å²) in [6.07, 6.45) is 0.622. The van der Waals surface area contributed by atoms with Gasteiger partial charge in [0.1, 0.15) is 5.75 Å². The van der Waals surface area contributed by atoms with E-state index in [0.29, 0.717) is 17.1 Å². The fourth-order valence-electron chi connectivity index (χ4n) is 1.63. The molecule has 0 heterocycles. The van der Waals surface area contributed by atoms with Crippen molar-refractivity contribution in [2.45, 2.75) is 6.42 Å². The second-order valence-corrected chi connectivity index (χ2v) is 4.10. The van der Waals surface area contributed by atoms with E-state index in [1.807, 2.05) is 30.3 Å². The van der Waals surface area contributed by atoms with Crippen LogP contribution in [0.3, 0.4) is 0 Å². The van der Waals surface area contributed by atoms with Crippen LogP contribution in [-0.2, 0) is 6.42 Å². The minimum absolute atomic E-state index is 0.119. The van der Waals surface area contributed by atoms with Gasteiger partial charge in [-0.15, -0.1) is 0 Å². The number of nitrogen functional groups attached to an aromatic ring is 1. The fourth-order valence-corrected chi connectivity index (χ4v) is 1.88. The predicted octanol–water partition coefficient (Wildman–Crippen LogP) is 3.22. The molecule has 3 heteroatoms. The first kappa shape index (κ1) is 10.8. The van der Waals surface area contributed by atoms with E-state index in [1.54, 1.807) is 12.1 Å². The van der Waals surface area contributed by atoms with Crippen molar-refractivity contribution in [1.29, 1.82) is 0 Å². The second-order valence-electron chi connectivity index (χ2n) is 3.67. The van der Waals surface area contributed by atoms with E-state index in [0.717, 1.165) is 11.1 Å². The summed E-state index contributed by atoms with van der Waals surface area (Å²) in [5, 5.41) is 10.3. The van der Waals surface area contributed by atoms with Gasteiger partial charge in [-0.1, -0.05) is 41.9 Å². The van der Waals surface area contributed by atoms with Crippen LogP contribution in [0.4, 0.5) is 5.69 Å². The van der Waals surface area contributed by atoms with Gasteiger partial charge in [0.25, 0.3) is 0 Å². The van der Waals surface area contributed by atoms with Gasteiger partial charge in [-0.3, -0.25) is 0 Å². The molecule has 0 unspecified atom stereocenters. The molecule has 2 aromatic carbocycles. The molecule has 3 N–H and O–H groups in total. The van der Waals surface area contributed by atoms with E-state index in [9.17, 15) is 5.11 Å². The molecular weight excluding hydrogens is 222 g/mol. The summed E-state index contributed by atoms with van der Waals surface area (Å²) in [5.41, 5.74) is 7.82. The van der Waals surface area contributed by atoms with E-state index in [1.165, 1.54) is 0 Å². The Morgan fingerprint density at radius 3 is 2.50 bits per heavy atom. The van der Waals surface area contributed by atoms with Gasteiger partial charge in [0.2, 0.25) is 0 Å². The monoisotopic (exact) mass is 233 g/mol. The first-order valence-electron chi connectivity index (χ1n) is 4.97. The maximum Gasteiger partial charge on any atom is 0.142 e. The van der Waals surface area contributed by atoms with Crippen molar-refractivity contribution in [2.24, 2.45) is 0 Å². The molecule has 2 aromatic rings. The van der Waals surface area contributed by atoms with Crippen molar-refractivity contribution in [1.82, 2.24) is 0 Å². The molecule has 2 rings (SSSR count). The molecule has 0 aromatic heterocycles. The van der Waals surface area contributed by atoms with Crippen LogP contribution in [-0.4, -0.2) is 5.11 Å². The molecule has 0 aliphatic heterocycles. The summed E-state index contributed by atoms with van der Waals surface area (Å²) >= 11 is 5.90. The second kappa shape index (κ2) is 4.45. The zero-order valence-corrected chi connectivity index (χ0v) is 9.41. The fraction of sp³-hybridized carbons (Fsp3) is 0.0769. The minimum atomic E-state index is 0.119. The molecule has 0 spiro atoms. The van der Waals surface area contributed by atoms with E-state index in [-0.39, 0.29) is 5.75 Å². The number of phenols is 1. The third-order valence-electron chi connectivity index (χ3n) is 2.42. The molecule has 2 nitrogen and oxygen atoms in total. The Kier molecular flexibility index (Phi) is 3.02. The summed E-state index contributed by atoms with van der Waals surface area (Å²) in [7, 11) is 0. The number of anilines is 1. The molecule has 0 aliphatic rings. The number of rotatable bonds is 2. The highest BCUT2D eigenvalue weighted by Gasteiger charge is 2.07. The lowest BCUT2D eigenvalue weighted by molar-refractivity contribution is 0.472. The SMILES string of the molecule is Nc1cc(Cl)cc(Cc2ccccc2)c1O. The van der Waals surface area contributed by atoms with Gasteiger partial charge in [-0.25, -0.2) is 0 Å². The summed E-state index contributed by atoms with van der Waals surface area (Å²) in [6.45, 7) is 0. The minimum Gasteiger partial charge on any atom is -0.505 e. The highest BCUT2D eigenvalue weighted by Crippen LogP contribution is 2.30. The Morgan fingerprint density at radius 2 is 1.81 bits per heavy atom. The average Bonchev–Trinajstić information content (AvgIpc) is 2.27. The first-order chi connectivity index (χ1) is 7.66. The third kappa shape index (κ3) is 2.28. The highest BCUT2D eigenvalue weighted by molar-refractivity contribution is 6.31. The number of nitrogens with two attached hydrogens (primary N) is 1. The van der Waals surface area contributed by atoms with E-state index >= 15 is 0 Å². The molecule has 82 valence electrons. The molecule has 0 fully saturated rings. The lowest BCUT2D eigenvalue weighted by atomic mass is 10.0.